The van der Waals surface area contributed by atoms with Crippen molar-refractivity contribution in [3.05, 3.63) is 17.0 Å². The number of nitrogens with zero attached hydrogens (tertiary/aromatic N) is 3. The molecule has 0 radical (unpaired) electrons. The van der Waals surface area contributed by atoms with Gasteiger partial charge in [-0.25, -0.2) is 9.78 Å². The predicted octanol–water partition coefficient (Wildman–Crippen LogP) is 2.35. The van der Waals surface area contributed by atoms with Gasteiger partial charge >= 0.3 is 6.09 Å². The highest BCUT2D eigenvalue weighted by atomic mass is 35.5. The van der Waals surface area contributed by atoms with Crippen LogP contribution in [0.5, 0.6) is 0 Å². The Morgan fingerprint density at radius 3 is 2.76 bits per heavy atom. The van der Waals surface area contributed by atoms with Gasteiger partial charge in [0.05, 0.1) is 6.20 Å². The molecular formula is C10H11ClN4O2. The number of ether oxygens (including phenoxy) is 1. The van der Waals surface area contributed by atoms with Gasteiger partial charge in [-0.05, 0) is 32.4 Å². The summed E-state index contributed by atoms with van der Waals surface area (Å²) in [6, 6.07) is 1.84. The lowest BCUT2D eigenvalue weighted by atomic mass is 10.2. The van der Waals surface area contributed by atoms with Gasteiger partial charge in [-0.15, -0.1) is 0 Å². The smallest absolute Gasteiger partial charge is 0.413 e. The number of hydrogen-bond acceptors (Lipinski definition) is 5. The topological polar surface area (TPSA) is 87.9 Å². The summed E-state index contributed by atoms with van der Waals surface area (Å²) >= 11 is 5.57. The Kier molecular flexibility index (Phi) is 3.86. The quantitative estimate of drug-likeness (QED) is 0.777. The van der Waals surface area contributed by atoms with Crippen LogP contribution in [-0.4, -0.2) is 21.7 Å². The fourth-order valence-corrected chi connectivity index (χ4v) is 1.07. The van der Waals surface area contributed by atoms with Crippen molar-refractivity contribution in [1.82, 2.24) is 9.97 Å². The molecule has 0 aromatic carbocycles. The van der Waals surface area contributed by atoms with E-state index in [9.17, 15) is 4.79 Å². The summed E-state index contributed by atoms with van der Waals surface area (Å²) < 4.78 is 5.02. The van der Waals surface area contributed by atoms with Gasteiger partial charge in [-0.2, -0.15) is 10.2 Å². The van der Waals surface area contributed by atoms with Crippen molar-refractivity contribution in [3.63, 3.8) is 0 Å². The average Bonchev–Trinajstić information content (AvgIpc) is 2.14. The normalized spacial score (nSPS) is 10.5. The van der Waals surface area contributed by atoms with E-state index in [1.54, 1.807) is 20.8 Å². The van der Waals surface area contributed by atoms with E-state index in [0.29, 0.717) is 0 Å². The fraction of sp³-hybridized carbons (Fsp3) is 0.400. The second-order valence-corrected chi connectivity index (χ2v) is 4.48. The van der Waals surface area contributed by atoms with Crippen molar-refractivity contribution in [3.8, 4) is 6.07 Å². The van der Waals surface area contributed by atoms with Crippen molar-refractivity contribution in [2.75, 3.05) is 5.32 Å². The molecule has 0 aliphatic heterocycles. The third-order valence-electron chi connectivity index (χ3n) is 1.50. The van der Waals surface area contributed by atoms with Gasteiger partial charge in [-0.3, -0.25) is 5.32 Å². The molecule has 1 aromatic rings. The van der Waals surface area contributed by atoms with E-state index < -0.39 is 11.7 Å². The molecule has 0 saturated heterocycles. The Morgan fingerprint density at radius 1 is 1.59 bits per heavy atom. The van der Waals surface area contributed by atoms with Gasteiger partial charge in [0, 0.05) is 0 Å². The van der Waals surface area contributed by atoms with Crippen molar-refractivity contribution >= 4 is 23.5 Å². The first-order valence-electron chi connectivity index (χ1n) is 4.74. The molecule has 0 bridgehead atoms. The lowest BCUT2D eigenvalue weighted by Gasteiger charge is -2.19. The van der Waals surface area contributed by atoms with Gasteiger partial charge in [0.25, 0.3) is 0 Å². The Labute approximate surface area is 104 Å². The SMILES string of the molecule is CC(C)(C)OC(=O)Nc1nc(Cl)ncc1C#N. The summed E-state index contributed by atoms with van der Waals surface area (Å²) in [6.07, 6.45) is 0.519. The van der Waals surface area contributed by atoms with Gasteiger partial charge in [0.15, 0.2) is 5.82 Å². The number of nitriles is 1. The highest BCUT2D eigenvalue weighted by molar-refractivity contribution is 6.28. The van der Waals surface area contributed by atoms with Crippen LogP contribution in [-0.2, 0) is 4.74 Å². The molecule has 17 heavy (non-hydrogen) atoms. The second kappa shape index (κ2) is 4.97. The third kappa shape index (κ3) is 4.25. The lowest BCUT2D eigenvalue weighted by molar-refractivity contribution is 0.0635. The van der Waals surface area contributed by atoms with Crippen LogP contribution in [0.1, 0.15) is 26.3 Å². The highest BCUT2D eigenvalue weighted by Gasteiger charge is 2.18. The number of carbonyl (C=O) groups excluding carboxylic acids is 1. The van der Waals surface area contributed by atoms with E-state index in [1.807, 2.05) is 6.07 Å². The molecule has 0 unspecified atom stereocenters. The van der Waals surface area contributed by atoms with Crippen LogP contribution in [0.25, 0.3) is 0 Å². The van der Waals surface area contributed by atoms with Crippen molar-refractivity contribution < 1.29 is 9.53 Å². The van der Waals surface area contributed by atoms with E-state index in [-0.39, 0.29) is 16.7 Å². The fourth-order valence-electron chi connectivity index (χ4n) is 0.938. The molecule has 1 aromatic heterocycles. The molecule has 1 heterocycles. The van der Waals surface area contributed by atoms with Gasteiger partial charge in [0.1, 0.15) is 17.2 Å². The van der Waals surface area contributed by atoms with Crippen molar-refractivity contribution in [2.45, 2.75) is 26.4 Å². The lowest BCUT2D eigenvalue weighted by Crippen LogP contribution is -2.27. The number of halogens is 1. The summed E-state index contributed by atoms with van der Waals surface area (Å²) in [7, 11) is 0. The minimum Gasteiger partial charge on any atom is -0.444 e. The first-order valence-corrected chi connectivity index (χ1v) is 5.12. The molecule has 90 valence electrons. The van der Waals surface area contributed by atoms with Crippen LogP contribution in [0.2, 0.25) is 5.28 Å². The van der Waals surface area contributed by atoms with E-state index >= 15 is 0 Å². The zero-order chi connectivity index (χ0) is 13.1. The van der Waals surface area contributed by atoms with Crippen molar-refractivity contribution in [2.24, 2.45) is 0 Å². The number of carbonyl (C=O) groups is 1. The van der Waals surface area contributed by atoms with Gasteiger partial charge in [0.2, 0.25) is 5.28 Å². The minimum absolute atomic E-state index is 0.0294. The largest absolute Gasteiger partial charge is 0.444 e. The number of rotatable bonds is 1. The molecule has 1 N–H and O–H groups in total. The van der Waals surface area contributed by atoms with Crippen LogP contribution >= 0.6 is 11.6 Å². The maximum atomic E-state index is 11.5. The number of nitrogens with one attached hydrogen (secondary N) is 1. The summed E-state index contributed by atoms with van der Waals surface area (Å²) in [6.45, 7) is 5.18. The van der Waals surface area contributed by atoms with E-state index in [2.05, 4.69) is 15.3 Å². The molecule has 0 fully saturated rings. The van der Waals surface area contributed by atoms with Crippen LogP contribution in [0, 0.1) is 11.3 Å². The zero-order valence-electron chi connectivity index (χ0n) is 9.61. The molecule has 0 aliphatic rings. The molecule has 1 rings (SSSR count). The molecule has 0 spiro atoms. The van der Waals surface area contributed by atoms with Crippen LogP contribution in [0.15, 0.2) is 6.20 Å². The molecule has 6 nitrogen and oxygen atoms in total. The molecule has 0 aliphatic carbocycles. The van der Waals surface area contributed by atoms with E-state index in [0.717, 1.165) is 0 Å². The average molecular weight is 255 g/mol. The Hall–Kier alpha value is -1.87. The first-order chi connectivity index (χ1) is 7.81. The number of aromatic nitrogens is 2. The Bertz CT molecular complexity index is 476. The van der Waals surface area contributed by atoms with Crippen LogP contribution in [0.4, 0.5) is 10.6 Å². The third-order valence-corrected chi connectivity index (χ3v) is 1.68. The molecule has 0 atom stereocenters. The van der Waals surface area contributed by atoms with E-state index in [1.165, 1.54) is 6.20 Å². The summed E-state index contributed by atoms with van der Waals surface area (Å²) in [5, 5.41) is 11.1. The standard InChI is InChI=1S/C10H11ClN4O2/c1-10(2,3)17-9(16)15-7-6(4-12)5-13-8(11)14-7/h5H,1-3H3,(H,13,14,15,16). The number of anilines is 1. The minimum atomic E-state index is -0.705. The zero-order valence-corrected chi connectivity index (χ0v) is 10.4. The second-order valence-electron chi connectivity index (χ2n) is 4.14. The molecule has 7 heteroatoms. The molecule has 0 saturated carbocycles. The number of hydrogen-bond donors (Lipinski definition) is 1. The van der Waals surface area contributed by atoms with Gasteiger partial charge in [-0.1, -0.05) is 0 Å². The molecular weight excluding hydrogens is 244 g/mol. The van der Waals surface area contributed by atoms with Crippen LogP contribution < -0.4 is 5.32 Å². The van der Waals surface area contributed by atoms with E-state index in [4.69, 9.17) is 21.6 Å². The summed E-state index contributed by atoms with van der Waals surface area (Å²) in [5.41, 5.74) is -0.520. The highest BCUT2D eigenvalue weighted by Crippen LogP contribution is 2.15. The predicted molar refractivity (Wildman–Crippen MR) is 61.6 cm³/mol. The van der Waals surface area contributed by atoms with Crippen LogP contribution in [0.3, 0.4) is 0 Å². The van der Waals surface area contributed by atoms with Crippen molar-refractivity contribution in [1.29, 1.82) is 5.26 Å². The number of amides is 1. The first kappa shape index (κ1) is 13.2. The summed E-state index contributed by atoms with van der Waals surface area (Å²) in [4.78, 5) is 18.8. The Balaban J connectivity index is 2.85. The summed E-state index contributed by atoms with van der Waals surface area (Å²) in [5.74, 6) is 0.0294. The monoisotopic (exact) mass is 254 g/mol. The maximum absolute atomic E-state index is 11.5. The van der Waals surface area contributed by atoms with Gasteiger partial charge < -0.3 is 4.74 Å². The molecule has 1 amide bonds. The maximum Gasteiger partial charge on any atom is 0.413 e. The Morgan fingerprint density at radius 2 is 2.24 bits per heavy atom.